The maximum atomic E-state index is 12.9. The second kappa shape index (κ2) is 46.8. The summed E-state index contributed by atoms with van der Waals surface area (Å²) in [5.41, 5.74) is 0. The van der Waals surface area contributed by atoms with E-state index in [2.05, 4.69) is 45.6 Å². The molecule has 0 N–H and O–H groups in total. The summed E-state index contributed by atoms with van der Waals surface area (Å²) >= 11 is 0. The summed E-state index contributed by atoms with van der Waals surface area (Å²) in [5, 5.41) is 0. The van der Waals surface area contributed by atoms with E-state index < -0.39 is 0 Å². The van der Waals surface area contributed by atoms with Crippen LogP contribution in [-0.4, -0.2) is 42.3 Å². The quantitative estimate of drug-likeness (QED) is 0.0348. The Hall–Kier alpha value is -1.65. The molecule has 0 bridgehead atoms. The summed E-state index contributed by atoms with van der Waals surface area (Å²) in [7, 11) is 0. The lowest BCUT2D eigenvalue weighted by atomic mass is 9.91. The van der Waals surface area contributed by atoms with Crippen LogP contribution in [0.2, 0.25) is 0 Å². The number of esters is 1. The summed E-state index contributed by atoms with van der Waals surface area (Å²) in [5.74, 6) is 1.93. The number of amides is 1. The molecule has 0 fully saturated rings. The van der Waals surface area contributed by atoms with Crippen molar-refractivity contribution in [1.29, 1.82) is 0 Å². The molecular weight excluding hydrogens is 739 g/mol. The van der Waals surface area contributed by atoms with E-state index in [1.165, 1.54) is 161 Å². The highest BCUT2D eigenvalue weighted by molar-refractivity contribution is 5.89. The van der Waals surface area contributed by atoms with Gasteiger partial charge in [0, 0.05) is 32.4 Å². The summed E-state index contributed by atoms with van der Waals surface area (Å²) < 4.78 is 5.63. The molecule has 354 valence electrons. The molecule has 1 amide bonds. The van der Waals surface area contributed by atoms with E-state index in [0.717, 1.165) is 96.1 Å². The normalized spacial score (nSPS) is 11.7. The number of ketones is 1. The first-order valence-corrected chi connectivity index (χ1v) is 27.1. The molecule has 0 saturated heterocycles. The van der Waals surface area contributed by atoms with Crippen LogP contribution in [0.5, 0.6) is 0 Å². The summed E-state index contributed by atoms with van der Waals surface area (Å²) in [4.78, 5) is 40.1. The van der Waals surface area contributed by atoms with Gasteiger partial charge in [-0.2, -0.15) is 0 Å². The van der Waals surface area contributed by atoms with E-state index in [0.29, 0.717) is 43.5 Å². The van der Waals surface area contributed by atoms with Gasteiger partial charge in [-0.15, -0.1) is 0 Å². The lowest BCUT2D eigenvalue weighted by Gasteiger charge is -2.22. The number of nitrogens with zero attached hydrogens (tertiary/aromatic N) is 1. The van der Waals surface area contributed by atoms with Crippen LogP contribution < -0.4 is 0 Å². The molecule has 5 heteroatoms. The van der Waals surface area contributed by atoms with Gasteiger partial charge in [-0.05, 0) is 75.7 Å². The van der Waals surface area contributed by atoms with Crippen LogP contribution in [-0.2, 0) is 19.1 Å². The first kappa shape index (κ1) is 58.4. The van der Waals surface area contributed by atoms with Crippen LogP contribution in [0.25, 0.3) is 0 Å². The number of ether oxygens (including phenoxy) is 1. The van der Waals surface area contributed by atoms with Crippen LogP contribution in [0.1, 0.15) is 291 Å². The van der Waals surface area contributed by atoms with Crippen molar-refractivity contribution in [2.75, 3.05) is 19.7 Å². The Kier molecular flexibility index (Phi) is 45.6. The maximum Gasteiger partial charge on any atom is 0.305 e. The van der Waals surface area contributed by atoms with Gasteiger partial charge >= 0.3 is 5.97 Å². The minimum absolute atomic E-state index is 0.0291. The molecule has 0 aliphatic heterocycles. The number of hydrogen-bond donors (Lipinski definition) is 0. The summed E-state index contributed by atoms with van der Waals surface area (Å²) in [6, 6.07) is 0. The zero-order valence-corrected chi connectivity index (χ0v) is 41.3. The van der Waals surface area contributed by atoms with Crippen molar-refractivity contribution in [3.05, 3.63) is 12.2 Å². The third-order valence-electron chi connectivity index (χ3n) is 12.8. The zero-order valence-electron chi connectivity index (χ0n) is 41.3. The van der Waals surface area contributed by atoms with Crippen LogP contribution in [0, 0.1) is 11.8 Å². The Bertz CT molecular complexity index is 934. The van der Waals surface area contributed by atoms with Crippen molar-refractivity contribution in [2.45, 2.75) is 291 Å². The Labute approximate surface area is 375 Å². The lowest BCUT2D eigenvalue weighted by Crippen LogP contribution is -2.32. The molecule has 0 aliphatic rings. The largest absolute Gasteiger partial charge is 0.466 e. The van der Waals surface area contributed by atoms with Gasteiger partial charge in [0.25, 0.3) is 0 Å². The molecule has 0 aromatic rings. The lowest BCUT2D eigenvalue weighted by molar-refractivity contribution is -0.144. The Morgan fingerprint density at radius 3 is 1.32 bits per heavy atom. The average Bonchev–Trinajstić information content (AvgIpc) is 3.24. The van der Waals surface area contributed by atoms with E-state index in [1.807, 2.05) is 6.08 Å². The Balaban J connectivity index is 4.28. The number of unbranched alkanes of at least 4 members (excludes halogenated alkanes) is 24. The molecule has 0 aromatic carbocycles. The van der Waals surface area contributed by atoms with Gasteiger partial charge in [0.1, 0.15) is 0 Å². The van der Waals surface area contributed by atoms with Gasteiger partial charge in [-0.25, -0.2) is 0 Å². The molecule has 0 radical (unpaired) electrons. The first-order valence-electron chi connectivity index (χ1n) is 27.1. The first-order chi connectivity index (χ1) is 29.4. The minimum Gasteiger partial charge on any atom is -0.466 e. The Morgan fingerprint density at radius 1 is 0.417 bits per heavy atom. The van der Waals surface area contributed by atoms with Crippen molar-refractivity contribution in [2.24, 2.45) is 11.8 Å². The van der Waals surface area contributed by atoms with Crippen molar-refractivity contribution in [3.63, 3.8) is 0 Å². The van der Waals surface area contributed by atoms with Crippen molar-refractivity contribution in [3.8, 4) is 0 Å². The minimum atomic E-state index is -0.0291. The van der Waals surface area contributed by atoms with Crippen LogP contribution >= 0.6 is 0 Å². The summed E-state index contributed by atoms with van der Waals surface area (Å²) in [6.45, 7) is 13.5. The summed E-state index contributed by atoms with van der Waals surface area (Å²) in [6.07, 6.45) is 51.5. The molecule has 0 spiro atoms. The predicted molar refractivity (Wildman–Crippen MR) is 262 cm³/mol. The SMILES string of the molecule is CCCCCCCCC(/C=C\C(=O)CCCCCCCN(CCCCCCCC(=O)OCCCC(CCCCCC)CCCCCC)C(=O)CCC)CCCCCCCC. The van der Waals surface area contributed by atoms with Crippen molar-refractivity contribution < 1.29 is 19.1 Å². The van der Waals surface area contributed by atoms with Crippen LogP contribution in [0.15, 0.2) is 12.2 Å². The molecule has 60 heavy (non-hydrogen) atoms. The second-order valence-corrected chi connectivity index (χ2v) is 18.8. The highest BCUT2D eigenvalue weighted by Crippen LogP contribution is 2.24. The number of allylic oxidation sites excluding steroid dienone is 2. The molecule has 0 atom stereocenters. The average molecular weight is 844 g/mol. The van der Waals surface area contributed by atoms with Gasteiger partial charge < -0.3 is 9.64 Å². The smallest absolute Gasteiger partial charge is 0.305 e. The number of carbonyl (C=O) groups is 3. The van der Waals surface area contributed by atoms with Gasteiger partial charge in [0.05, 0.1) is 6.61 Å². The van der Waals surface area contributed by atoms with E-state index >= 15 is 0 Å². The number of carbonyl (C=O) groups excluding carboxylic acids is 3. The zero-order chi connectivity index (χ0) is 44.0. The van der Waals surface area contributed by atoms with Gasteiger partial charge in [0.2, 0.25) is 5.91 Å². The third kappa shape index (κ3) is 40.4. The highest BCUT2D eigenvalue weighted by atomic mass is 16.5. The molecule has 0 aliphatic carbocycles. The topological polar surface area (TPSA) is 63.7 Å². The fraction of sp³-hybridized carbons (Fsp3) is 0.909. The fourth-order valence-electron chi connectivity index (χ4n) is 8.79. The molecule has 0 unspecified atom stereocenters. The highest BCUT2D eigenvalue weighted by Gasteiger charge is 2.13. The van der Waals surface area contributed by atoms with Crippen LogP contribution in [0.4, 0.5) is 0 Å². The van der Waals surface area contributed by atoms with Crippen LogP contribution in [0.3, 0.4) is 0 Å². The monoisotopic (exact) mass is 844 g/mol. The standard InChI is InChI=1S/C55H105NO4/c1-6-11-15-19-23-31-41-52(42-32-24-20-16-12-7-2)46-47-53(57)44-33-25-21-27-35-48-56(54(58)38-10-5)49-36-28-22-26-34-45-55(59)60-50-37-43-51(39-29-17-13-8-3)40-30-18-14-9-4/h46-47,51-52H,6-45,48-50H2,1-5H3/b47-46-. The van der Waals surface area contributed by atoms with E-state index in [4.69, 9.17) is 4.74 Å². The van der Waals surface area contributed by atoms with E-state index in [1.54, 1.807) is 0 Å². The number of rotatable bonds is 48. The molecule has 0 rings (SSSR count). The van der Waals surface area contributed by atoms with Gasteiger partial charge in [0.15, 0.2) is 5.78 Å². The molecule has 0 heterocycles. The second-order valence-electron chi connectivity index (χ2n) is 18.8. The Morgan fingerprint density at radius 2 is 0.817 bits per heavy atom. The van der Waals surface area contributed by atoms with E-state index in [9.17, 15) is 14.4 Å². The third-order valence-corrected chi connectivity index (χ3v) is 12.8. The van der Waals surface area contributed by atoms with E-state index in [-0.39, 0.29) is 5.97 Å². The molecule has 0 aromatic heterocycles. The van der Waals surface area contributed by atoms with Crippen molar-refractivity contribution >= 4 is 17.7 Å². The van der Waals surface area contributed by atoms with Gasteiger partial charge in [-0.1, -0.05) is 220 Å². The molecule has 5 nitrogen and oxygen atoms in total. The number of hydrogen-bond acceptors (Lipinski definition) is 4. The van der Waals surface area contributed by atoms with Crippen molar-refractivity contribution in [1.82, 2.24) is 4.90 Å². The molecular formula is C55H105NO4. The predicted octanol–water partition coefficient (Wildman–Crippen LogP) is 17.4. The maximum absolute atomic E-state index is 12.9. The van der Waals surface area contributed by atoms with Gasteiger partial charge in [-0.3, -0.25) is 14.4 Å². The fourth-order valence-corrected chi connectivity index (χ4v) is 8.79. The molecule has 0 saturated carbocycles.